The summed E-state index contributed by atoms with van der Waals surface area (Å²) in [6, 6.07) is 8.18. The van der Waals surface area contributed by atoms with Gasteiger partial charge in [-0.05, 0) is 79.4 Å². The van der Waals surface area contributed by atoms with E-state index in [1.165, 1.54) is 16.7 Å². The second kappa shape index (κ2) is 10.6. The molecule has 2 aliphatic rings. The molecule has 7 nitrogen and oxygen atoms in total. The number of ether oxygens (including phenoxy) is 4. The summed E-state index contributed by atoms with van der Waals surface area (Å²) in [5, 5.41) is 0. The van der Waals surface area contributed by atoms with E-state index in [1.807, 2.05) is 17.0 Å². The molecule has 0 aromatic heterocycles. The molecule has 0 N–H and O–H groups in total. The molecule has 1 aliphatic heterocycles. The molecule has 0 saturated carbocycles. The van der Waals surface area contributed by atoms with E-state index in [2.05, 4.69) is 24.1 Å². The zero-order valence-corrected chi connectivity index (χ0v) is 21.0. The van der Waals surface area contributed by atoms with Gasteiger partial charge in [-0.15, -0.1) is 0 Å². The smallest absolute Gasteiger partial charge is 0.227 e. The van der Waals surface area contributed by atoms with Gasteiger partial charge in [0.15, 0.2) is 23.0 Å². The van der Waals surface area contributed by atoms with Crippen LogP contribution in [0.25, 0.3) is 0 Å². The van der Waals surface area contributed by atoms with E-state index in [1.54, 1.807) is 28.4 Å². The van der Waals surface area contributed by atoms with Crippen molar-refractivity contribution in [3.8, 4) is 23.0 Å². The molecule has 4 rings (SSSR count). The van der Waals surface area contributed by atoms with Crippen LogP contribution in [0.1, 0.15) is 34.6 Å². The van der Waals surface area contributed by atoms with Crippen LogP contribution in [0.15, 0.2) is 24.3 Å². The Hall–Kier alpha value is -2.93. The average Bonchev–Trinajstić information content (AvgIpc) is 2.98. The maximum atomic E-state index is 12.9. The Bertz CT molecular complexity index is 1040. The van der Waals surface area contributed by atoms with Crippen molar-refractivity contribution in [3.05, 3.63) is 46.5 Å². The first-order chi connectivity index (χ1) is 16.5. The van der Waals surface area contributed by atoms with Crippen molar-refractivity contribution < 1.29 is 23.7 Å². The maximum absolute atomic E-state index is 12.9. The van der Waals surface area contributed by atoms with Crippen molar-refractivity contribution in [2.45, 2.75) is 31.6 Å². The highest BCUT2D eigenvalue weighted by atomic mass is 16.5. The molecule has 1 amide bonds. The molecule has 184 valence electrons. The van der Waals surface area contributed by atoms with Crippen molar-refractivity contribution in [2.24, 2.45) is 0 Å². The zero-order chi connectivity index (χ0) is 24.2. The second-order valence-electron chi connectivity index (χ2n) is 9.21. The molecule has 1 atom stereocenters. The lowest BCUT2D eigenvalue weighted by molar-refractivity contribution is -0.130. The van der Waals surface area contributed by atoms with Crippen molar-refractivity contribution >= 4 is 5.91 Å². The van der Waals surface area contributed by atoms with Gasteiger partial charge < -0.3 is 28.7 Å². The number of carbonyl (C=O) groups excluding carboxylic acids is 1. The topological polar surface area (TPSA) is 60.5 Å². The third-order valence-electron chi connectivity index (χ3n) is 7.10. The first-order valence-electron chi connectivity index (χ1n) is 11.9. The number of hydrogen-bond donors (Lipinski definition) is 0. The maximum Gasteiger partial charge on any atom is 0.227 e. The number of hydrogen-bond acceptors (Lipinski definition) is 6. The van der Waals surface area contributed by atoms with E-state index in [0.717, 1.165) is 68.3 Å². The lowest BCUT2D eigenvalue weighted by Crippen LogP contribution is -2.36. The molecule has 0 radical (unpaired) electrons. The third kappa shape index (κ3) is 4.94. The summed E-state index contributed by atoms with van der Waals surface area (Å²) < 4.78 is 21.7. The van der Waals surface area contributed by atoms with Crippen LogP contribution in [0.5, 0.6) is 23.0 Å². The Labute approximate surface area is 202 Å². The molecule has 7 heteroatoms. The fraction of sp³-hybridized carbons (Fsp3) is 0.519. The van der Waals surface area contributed by atoms with Crippen LogP contribution in [0.4, 0.5) is 0 Å². The lowest BCUT2D eigenvalue weighted by atomic mass is 9.77. The number of rotatable bonds is 10. The largest absolute Gasteiger partial charge is 0.493 e. The monoisotopic (exact) mass is 468 g/mol. The molecule has 0 spiro atoms. The van der Waals surface area contributed by atoms with Crippen molar-refractivity contribution in [1.82, 2.24) is 9.80 Å². The molecular weight excluding hydrogens is 432 g/mol. The molecular formula is C27H36N2O5. The fourth-order valence-electron chi connectivity index (χ4n) is 5.15. The molecule has 0 unspecified atom stereocenters. The van der Waals surface area contributed by atoms with Gasteiger partial charge in [0, 0.05) is 25.6 Å². The van der Waals surface area contributed by atoms with E-state index in [4.69, 9.17) is 18.9 Å². The van der Waals surface area contributed by atoms with Crippen molar-refractivity contribution in [1.29, 1.82) is 0 Å². The van der Waals surface area contributed by atoms with Crippen LogP contribution >= 0.6 is 0 Å². The number of methoxy groups -OCH3 is 4. The highest BCUT2D eigenvalue weighted by Crippen LogP contribution is 2.42. The van der Waals surface area contributed by atoms with Crippen LogP contribution in [-0.4, -0.2) is 77.4 Å². The van der Waals surface area contributed by atoms with Gasteiger partial charge in [-0.25, -0.2) is 0 Å². The minimum atomic E-state index is 0.183. The number of fused-ring (bicyclic) bond motifs is 2. The second-order valence-corrected chi connectivity index (χ2v) is 9.21. The summed E-state index contributed by atoms with van der Waals surface area (Å²) in [5.74, 6) is 3.69. The standard InChI is InChI=1S/C27H36N2O5/c1-28(17-21-11-20-14-25(33-4)26(34-5)16-22(20)21)8-6-9-29-10-7-18-12-23(31-2)24(32-3)13-19(18)15-27(29)30/h12-14,16,21H,6-11,15,17H2,1-5H3/t21-/m0/s1. The van der Waals surface area contributed by atoms with E-state index >= 15 is 0 Å². The number of nitrogens with zero attached hydrogens (tertiary/aromatic N) is 2. The van der Waals surface area contributed by atoms with Gasteiger partial charge in [-0.1, -0.05) is 0 Å². The zero-order valence-electron chi connectivity index (χ0n) is 21.0. The predicted molar refractivity (Wildman–Crippen MR) is 132 cm³/mol. The Morgan fingerprint density at radius 3 is 2.12 bits per heavy atom. The quantitative estimate of drug-likeness (QED) is 0.533. The van der Waals surface area contributed by atoms with E-state index in [0.29, 0.717) is 18.1 Å². The van der Waals surface area contributed by atoms with Crippen LogP contribution in [0, 0.1) is 0 Å². The average molecular weight is 469 g/mol. The molecule has 2 aromatic carbocycles. The predicted octanol–water partition coefficient (Wildman–Crippen LogP) is 3.31. The summed E-state index contributed by atoms with van der Waals surface area (Å²) >= 11 is 0. The van der Waals surface area contributed by atoms with Gasteiger partial charge in [-0.2, -0.15) is 0 Å². The van der Waals surface area contributed by atoms with Gasteiger partial charge in [0.2, 0.25) is 5.91 Å². The molecule has 0 saturated heterocycles. The summed E-state index contributed by atoms with van der Waals surface area (Å²) in [7, 11) is 8.79. The Morgan fingerprint density at radius 2 is 1.47 bits per heavy atom. The van der Waals surface area contributed by atoms with Gasteiger partial charge in [-0.3, -0.25) is 4.79 Å². The summed E-state index contributed by atoms with van der Waals surface area (Å²) in [6.45, 7) is 3.47. The van der Waals surface area contributed by atoms with E-state index < -0.39 is 0 Å². The Morgan fingerprint density at radius 1 is 0.882 bits per heavy atom. The fourth-order valence-corrected chi connectivity index (χ4v) is 5.15. The summed E-state index contributed by atoms with van der Waals surface area (Å²) in [4.78, 5) is 17.3. The van der Waals surface area contributed by atoms with Crippen molar-refractivity contribution in [2.75, 3.05) is 61.7 Å². The Kier molecular flexibility index (Phi) is 7.51. The van der Waals surface area contributed by atoms with Crippen LogP contribution in [-0.2, 0) is 24.1 Å². The Balaban J connectivity index is 1.28. The highest BCUT2D eigenvalue weighted by Gasteiger charge is 2.29. The molecule has 34 heavy (non-hydrogen) atoms. The number of amides is 1. The van der Waals surface area contributed by atoms with Gasteiger partial charge >= 0.3 is 0 Å². The highest BCUT2D eigenvalue weighted by molar-refractivity contribution is 5.80. The lowest BCUT2D eigenvalue weighted by Gasteiger charge is -2.34. The first-order valence-corrected chi connectivity index (χ1v) is 11.9. The number of carbonyl (C=O) groups is 1. The van der Waals surface area contributed by atoms with Crippen LogP contribution in [0.2, 0.25) is 0 Å². The van der Waals surface area contributed by atoms with Gasteiger partial charge in [0.25, 0.3) is 0 Å². The van der Waals surface area contributed by atoms with E-state index in [9.17, 15) is 4.79 Å². The third-order valence-corrected chi connectivity index (χ3v) is 7.10. The normalized spacial score (nSPS) is 16.9. The summed E-state index contributed by atoms with van der Waals surface area (Å²) in [5.41, 5.74) is 4.91. The van der Waals surface area contributed by atoms with Gasteiger partial charge in [0.05, 0.1) is 34.9 Å². The molecule has 1 aliphatic carbocycles. The molecule has 0 bridgehead atoms. The number of likely N-dealkylation sites (N-methyl/N-ethyl adjacent to an activating group) is 1. The molecule has 2 aromatic rings. The van der Waals surface area contributed by atoms with Crippen molar-refractivity contribution in [3.63, 3.8) is 0 Å². The minimum Gasteiger partial charge on any atom is -0.493 e. The SMILES string of the molecule is COc1cc2c(cc1OC)CC(=O)N(CCCN(C)C[C@@H]1Cc3cc(OC)c(OC)cc31)CC2. The van der Waals surface area contributed by atoms with Gasteiger partial charge in [0.1, 0.15) is 0 Å². The van der Waals surface area contributed by atoms with E-state index in [-0.39, 0.29) is 5.91 Å². The molecule has 1 heterocycles. The first kappa shape index (κ1) is 24.2. The minimum absolute atomic E-state index is 0.183. The summed E-state index contributed by atoms with van der Waals surface area (Å²) in [6.07, 6.45) is 3.27. The number of benzene rings is 2. The van der Waals surface area contributed by atoms with Crippen LogP contribution in [0.3, 0.4) is 0 Å². The van der Waals surface area contributed by atoms with Crippen LogP contribution < -0.4 is 18.9 Å². The molecule has 0 fully saturated rings.